The molecule has 0 bridgehead atoms. The van der Waals surface area contributed by atoms with E-state index in [2.05, 4.69) is 25.6 Å². The summed E-state index contributed by atoms with van der Waals surface area (Å²) in [6.07, 6.45) is 1.32. The van der Waals surface area contributed by atoms with E-state index >= 15 is 0 Å². The lowest BCUT2D eigenvalue weighted by molar-refractivity contribution is 0.603. The minimum Gasteiger partial charge on any atom is -0.336 e. The van der Waals surface area contributed by atoms with Gasteiger partial charge in [0, 0.05) is 12.6 Å². The quantitative estimate of drug-likeness (QED) is 0.794. The summed E-state index contributed by atoms with van der Waals surface area (Å²) in [5.41, 5.74) is 0.913. The number of aryl methyl sites for hydroxylation is 1. The van der Waals surface area contributed by atoms with E-state index in [4.69, 9.17) is 0 Å². The van der Waals surface area contributed by atoms with Gasteiger partial charge in [0.2, 0.25) is 0 Å². The van der Waals surface area contributed by atoms with Crippen molar-refractivity contribution in [2.75, 3.05) is 5.32 Å². The molecule has 3 rings (SSSR count). The number of nitrogens with one attached hydrogen (secondary N) is 1. The van der Waals surface area contributed by atoms with Crippen molar-refractivity contribution in [3.8, 4) is 0 Å². The molecular weight excluding hydrogens is 266 g/mol. The first kappa shape index (κ1) is 12.4. The van der Waals surface area contributed by atoms with Crippen LogP contribution in [0.5, 0.6) is 0 Å². The number of halogens is 2. The van der Waals surface area contributed by atoms with Crippen LogP contribution in [0.3, 0.4) is 0 Å². The number of benzene rings is 1. The fourth-order valence-corrected chi connectivity index (χ4v) is 1.82. The van der Waals surface area contributed by atoms with E-state index in [-0.39, 0.29) is 11.5 Å². The molecule has 1 N–H and O–H groups in total. The van der Waals surface area contributed by atoms with Crippen LogP contribution >= 0.6 is 0 Å². The lowest BCUT2D eigenvalue weighted by Crippen LogP contribution is -2.00. The molecule has 0 saturated carbocycles. The topological polar surface area (TPSA) is 68.5 Å². The molecule has 2 aromatic heterocycles. The van der Waals surface area contributed by atoms with E-state index in [0.717, 1.165) is 18.2 Å². The molecule has 20 heavy (non-hydrogen) atoms. The number of hydrogen-bond donors (Lipinski definition) is 1. The second kappa shape index (κ2) is 4.80. The molecule has 0 aliphatic carbocycles. The number of anilines is 2. The molecule has 0 saturated heterocycles. The fourth-order valence-electron chi connectivity index (χ4n) is 1.82. The molecular formula is C12H10F2N6. The van der Waals surface area contributed by atoms with Crippen LogP contribution in [0.25, 0.3) is 11.2 Å². The Labute approximate surface area is 112 Å². The number of nitrogens with zero attached hydrogens (tertiary/aromatic N) is 5. The SMILES string of the molecule is CCn1nnc2c(Nc3cc(F)ccc3F)ncnc21. The maximum absolute atomic E-state index is 13.6. The van der Waals surface area contributed by atoms with Crippen molar-refractivity contribution < 1.29 is 8.78 Å². The van der Waals surface area contributed by atoms with Crippen LogP contribution in [0.4, 0.5) is 20.3 Å². The molecule has 102 valence electrons. The smallest absolute Gasteiger partial charge is 0.183 e. The van der Waals surface area contributed by atoms with Crippen LogP contribution in [-0.2, 0) is 6.54 Å². The van der Waals surface area contributed by atoms with Gasteiger partial charge in [-0.15, -0.1) is 5.10 Å². The molecule has 0 radical (unpaired) electrons. The van der Waals surface area contributed by atoms with Gasteiger partial charge in [0.25, 0.3) is 0 Å². The summed E-state index contributed by atoms with van der Waals surface area (Å²) in [5.74, 6) is -0.850. The van der Waals surface area contributed by atoms with Gasteiger partial charge in [0.15, 0.2) is 17.0 Å². The molecule has 2 heterocycles. The van der Waals surface area contributed by atoms with Gasteiger partial charge < -0.3 is 5.32 Å². The first-order valence-electron chi connectivity index (χ1n) is 5.95. The number of rotatable bonds is 3. The second-order valence-electron chi connectivity index (χ2n) is 4.05. The second-order valence-corrected chi connectivity index (χ2v) is 4.05. The van der Waals surface area contributed by atoms with Gasteiger partial charge in [0.05, 0.1) is 5.69 Å². The summed E-state index contributed by atoms with van der Waals surface area (Å²) in [5, 5.41) is 10.6. The molecule has 0 atom stereocenters. The first-order chi connectivity index (χ1) is 9.69. The number of fused-ring (bicyclic) bond motifs is 1. The standard InChI is InChI=1S/C12H10F2N6/c1-2-20-12-10(18-19-20)11(15-6-16-12)17-9-5-7(13)3-4-8(9)14/h3-6H,2H2,1H3,(H,15,16,17). The zero-order valence-corrected chi connectivity index (χ0v) is 10.5. The molecule has 0 amide bonds. The Bertz CT molecular complexity index is 770. The maximum Gasteiger partial charge on any atom is 0.183 e. The molecule has 6 nitrogen and oxygen atoms in total. The summed E-state index contributed by atoms with van der Waals surface area (Å²) < 4.78 is 28.4. The van der Waals surface area contributed by atoms with E-state index in [0.29, 0.717) is 17.7 Å². The highest BCUT2D eigenvalue weighted by atomic mass is 19.1. The Morgan fingerprint density at radius 1 is 1.25 bits per heavy atom. The van der Waals surface area contributed by atoms with Crippen LogP contribution in [0.1, 0.15) is 6.92 Å². The first-order valence-corrected chi connectivity index (χ1v) is 5.95. The van der Waals surface area contributed by atoms with Crippen LogP contribution in [0.15, 0.2) is 24.5 Å². The minimum absolute atomic E-state index is 0.0175. The van der Waals surface area contributed by atoms with Gasteiger partial charge in [-0.3, -0.25) is 0 Å². The zero-order chi connectivity index (χ0) is 14.1. The summed E-state index contributed by atoms with van der Waals surface area (Å²) in [4.78, 5) is 8.07. The van der Waals surface area contributed by atoms with Crippen molar-refractivity contribution in [3.05, 3.63) is 36.2 Å². The van der Waals surface area contributed by atoms with Crippen LogP contribution < -0.4 is 5.32 Å². The third-order valence-electron chi connectivity index (χ3n) is 2.78. The lowest BCUT2D eigenvalue weighted by atomic mass is 10.3. The zero-order valence-electron chi connectivity index (χ0n) is 10.5. The highest BCUT2D eigenvalue weighted by Gasteiger charge is 2.12. The Morgan fingerprint density at radius 2 is 2.10 bits per heavy atom. The van der Waals surface area contributed by atoms with Crippen LogP contribution in [-0.4, -0.2) is 25.0 Å². The van der Waals surface area contributed by atoms with Crippen molar-refractivity contribution in [2.45, 2.75) is 13.5 Å². The van der Waals surface area contributed by atoms with E-state index in [1.165, 1.54) is 6.33 Å². The lowest BCUT2D eigenvalue weighted by Gasteiger charge is -2.06. The molecule has 0 unspecified atom stereocenters. The average Bonchev–Trinajstić information content (AvgIpc) is 2.87. The number of hydrogen-bond acceptors (Lipinski definition) is 5. The van der Waals surface area contributed by atoms with Crippen molar-refractivity contribution in [1.82, 2.24) is 25.0 Å². The third-order valence-corrected chi connectivity index (χ3v) is 2.78. The molecule has 0 fully saturated rings. The van der Waals surface area contributed by atoms with Crippen molar-refractivity contribution in [1.29, 1.82) is 0 Å². The fraction of sp³-hybridized carbons (Fsp3) is 0.167. The minimum atomic E-state index is -0.582. The predicted molar refractivity (Wildman–Crippen MR) is 68.4 cm³/mol. The van der Waals surface area contributed by atoms with Crippen molar-refractivity contribution in [2.24, 2.45) is 0 Å². The molecule has 0 aliphatic heterocycles. The van der Waals surface area contributed by atoms with E-state index in [1.807, 2.05) is 6.92 Å². The summed E-state index contributed by atoms with van der Waals surface area (Å²) in [6.45, 7) is 2.50. The van der Waals surface area contributed by atoms with Crippen LogP contribution in [0, 0.1) is 11.6 Å². The molecule has 1 aromatic carbocycles. The highest BCUT2D eigenvalue weighted by molar-refractivity contribution is 5.84. The van der Waals surface area contributed by atoms with Gasteiger partial charge in [-0.25, -0.2) is 23.4 Å². The molecule has 8 heteroatoms. The van der Waals surface area contributed by atoms with E-state index in [1.54, 1.807) is 4.68 Å². The largest absolute Gasteiger partial charge is 0.336 e. The summed E-state index contributed by atoms with van der Waals surface area (Å²) in [6, 6.07) is 3.13. The normalized spacial score (nSPS) is 10.9. The van der Waals surface area contributed by atoms with Crippen molar-refractivity contribution >= 4 is 22.7 Å². The third kappa shape index (κ3) is 2.04. The van der Waals surface area contributed by atoms with E-state index in [9.17, 15) is 8.78 Å². The Hall–Kier alpha value is -2.64. The van der Waals surface area contributed by atoms with Gasteiger partial charge >= 0.3 is 0 Å². The summed E-state index contributed by atoms with van der Waals surface area (Å²) >= 11 is 0. The number of aromatic nitrogens is 5. The van der Waals surface area contributed by atoms with E-state index < -0.39 is 11.6 Å². The monoisotopic (exact) mass is 276 g/mol. The van der Waals surface area contributed by atoms with Gasteiger partial charge in [-0.2, -0.15) is 0 Å². The van der Waals surface area contributed by atoms with Gasteiger partial charge in [-0.1, -0.05) is 5.21 Å². The predicted octanol–water partition coefficient (Wildman–Crippen LogP) is 2.26. The maximum atomic E-state index is 13.6. The molecule has 3 aromatic rings. The highest BCUT2D eigenvalue weighted by Crippen LogP contribution is 2.23. The van der Waals surface area contributed by atoms with Gasteiger partial charge in [-0.05, 0) is 19.1 Å². The molecule has 0 aliphatic rings. The molecule has 0 spiro atoms. The van der Waals surface area contributed by atoms with Gasteiger partial charge in [0.1, 0.15) is 18.0 Å². The Kier molecular flexibility index (Phi) is 2.97. The summed E-state index contributed by atoms with van der Waals surface area (Å²) in [7, 11) is 0. The van der Waals surface area contributed by atoms with Crippen LogP contribution in [0.2, 0.25) is 0 Å². The Balaban J connectivity index is 2.06. The Morgan fingerprint density at radius 3 is 2.90 bits per heavy atom. The van der Waals surface area contributed by atoms with Crippen molar-refractivity contribution in [3.63, 3.8) is 0 Å². The average molecular weight is 276 g/mol.